The van der Waals surface area contributed by atoms with Gasteiger partial charge in [-0.15, -0.1) is 0 Å². The molecule has 0 unspecified atom stereocenters. The van der Waals surface area contributed by atoms with Gasteiger partial charge in [0.15, 0.2) is 17.2 Å². The van der Waals surface area contributed by atoms with Crippen LogP contribution in [0.15, 0.2) is 66.7 Å². The van der Waals surface area contributed by atoms with Gasteiger partial charge >= 0.3 is 6.97 Å². The molecule has 0 saturated heterocycles. The number of halogens is 2. The standard InChI is InChI=1S/C33H33BF2N2O5/c1-22-25-7-3-5-9-27(25)32-31(33-28-10-6-4-8-26(28)23(2)38(33)34(35,36)37(22)32)24-11-12-29-30(21-24)43-20-18-41-16-14-39-13-15-40-17-19-42-29/h3-12,21H,13-20H2,1-2H3. The molecule has 0 bridgehead atoms. The minimum Gasteiger partial charge on any atom is -0.487 e. The van der Waals surface area contributed by atoms with E-state index in [0.717, 1.165) is 33.0 Å². The Morgan fingerprint density at radius 1 is 0.674 bits per heavy atom. The monoisotopic (exact) mass is 586 g/mol. The molecule has 0 fully saturated rings. The van der Waals surface area contributed by atoms with Crippen LogP contribution >= 0.6 is 0 Å². The highest BCUT2D eigenvalue weighted by molar-refractivity contribution is 6.60. The Morgan fingerprint density at radius 2 is 1.26 bits per heavy atom. The van der Waals surface area contributed by atoms with Crippen molar-refractivity contribution in [1.82, 2.24) is 4.48 Å². The maximum atomic E-state index is 16.8. The molecule has 10 heteroatoms. The van der Waals surface area contributed by atoms with Gasteiger partial charge in [0.2, 0.25) is 0 Å². The zero-order valence-electron chi connectivity index (χ0n) is 24.3. The van der Waals surface area contributed by atoms with Gasteiger partial charge in [0.1, 0.15) is 18.9 Å². The summed E-state index contributed by atoms with van der Waals surface area (Å²) in [5.74, 6) is 1.07. The van der Waals surface area contributed by atoms with E-state index in [9.17, 15) is 0 Å². The second-order valence-corrected chi connectivity index (χ2v) is 10.9. The first-order chi connectivity index (χ1) is 21.0. The van der Waals surface area contributed by atoms with Crippen LogP contribution in [0.2, 0.25) is 0 Å². The summed E-state index contributed by atoms with van der Waals surface area (Å²) >= 11 is 0. The molecule has 0 saturated carbocycles. The average molecular weight is 586 g/mol. The normalized spacial score (nSPS) is 19.0. The lowest BCUT2D eigenvalue weighted by molar-refractivity contribution is -0.318. The second-order valence-electron chi connectivity index (χ2n) is 10.9. The number of hydrogen-bond donors (Lipinski definition) is 0. The number of ether oxygens (including phenoxy) is 5. The summed E-state index contributed by atoms with van der Waals surface area (Å²) in [6.07, 6.45) is 0. The number of fused-ring (bicyclic) bond motifs is 7. The molecule has 4 heterocycles. The first kappa shape index (κ1) is 27.8. The summed E-state index contributed by atoms with van der Waals surface area (Å²) in [6, 6.07) is 20.9. The van der Waals surface area contributed by atoms with E-state index in [1.54, 1.807) is 13.8 Å². The molecule has 222 valence electrons. The van der Waals surface area contributed by atoms with E-state index < -0.39 is 6.97 Å². The maximum Gasteiger partial charge on any atom is 0.737 e. The van der Waals surface area contributed by atoms with Crippen LogP contribution in [0.1, 0.15) is 35.0 Å². The fourth-order valence-electron chi connectivity index (χ4n) is 6.51. The predicted octanol–water partition coefficient (Wildman–Crippen LogP) is 5.76. The van der Waals surface area contributed by atoms with E-state index in [-0.39, 0.29) is 0 Å². The van der Waals surface area contributed by atoms with Crippen molar-refractivity contribution in [2.45, 2.75) is 13.8 Å². The van der Waals surface area contributed by atoms with Crippen LogP contribution in [0.25, 0.3) is 22.0 Å². The summed E-state index contributed by atoms with van der Waals surface area (Å²) in [6.45, 7) is 2.65. The molecule has 0 N–H and O–H groups in total. The Labute approximate surface area is 248 Å². The molecule has 3 aliphatic rings. The molecule has 7 rings (SSSR count). The van der Waals surface area contributed by atoms with Crippen molar-refractivity contribution in [3.05, 3.63) is 94.8 Å². The van der Waals surface area contributed by atoms with Crippen LogP contribution in [0, 0.1) is 6.92 Å². The Kier molecular flexibility index (Phi) is 7.29. The molecule has 1 aromatic heterocycles. The zero-order chi connectivity index (χ0) is 29.6. The Bertz CT molecular complexity index is 1780. The van der Waals surface area contributed by atoms with E-state index in [0.29, 0.717) is 87.2 Å². The fourth-order valence-corrected chi connectivity index (χ4v) is 6.51. The molecule has 3 aromatic carbocycles. The van der Waals surface area contributed by atoms with Crippen molar-refractivity contribution in [3.63, 3.8) is 0 Å². The largest absolute Gasteiger partial charge is 0.737 e. The van der Waals surface area contributed by atoms with Crippen LogP contribution in [0.5, 0.6) is 11.5 Å². The van der Waals surface area contributed by atoms with Gasteiger partial charge in [-0.1, -0.05) is 42.5 Å². The third-order valence-corrected chi connectivity index (χ3v) is 8.39. The maximum absolute atomic E-state index is 16.8. The molecule has 0 atom stereocenters. The number of aromatic nitrogens is 1. The Balaban J connectivity index is 1.43. The van der Waals surface area contributed by atoms with Gasteiger partial charge in [0, 0.05) is 18.0 Å². The molecular weight excluding hydrogens is 553 g/mol. The predicted molar refractivity (Wildman–Crippen MR) is 162 cm³/mol. The summed E-state index contributed by atoms with van der Waals surface area (Å²) < 4.78 is 65.1. The highest BCUT2D eigenvalue weighted by Gasteiger charge is 2.56. The van der Waals surface area contributed by atoms with Crippen LogP contribution in [-0.4, -0.2) is 74.5 Å². The van der Waals surface area contributed by atoms with Crippen molar-refractivity contribution in [3.8, 4) is 11.5 Å². The van der Waals surface area contributed by atoms with Crippen LogP contribution < -0.4 is 9.47 Å². The highest BCUT2D eigenvalue weighted by Crippen LogP contribution is 2.49. The van der Waals surface area contributed by atoms with Crippen molar-refractivity contribution in [2.24, 2.45) is 0 Å². The third-order valence-electron chi connectivity index (χ3n) is 8.39. The van der Waals surface area contributed by atoms with Crippen LogP contribution in [-0.2, 0) is 14.2 Å². The van der Waals surface area contributed by atoms with Gasteiger partial charge in [-0.05, 0) is 47.8 Å². The molecule has 4 aromatic rings. The van der Waals surface area contributed by atoms with E-state index in [4.69, 9.17) is 23.7 Å². The Morgan fingerprint density at radius 3 is 1.95 bits per heavy atom. The SMILES string of the molecule is CC1=[N+]2C(=C(c3ccc4c(c3)OCCOCCOCCOCCO4)c3c4ccccc4c(C)n3[B-]2(F)F)c2ccccc21. The average Bonchev–Trinajstić information content (AvgIpc) is 3.48. The molecule has 3 aliphatic heterocycles. The summed E-state index contributed by atoms with van der Waals surface area (Å²) in [5, 5.41) is 1.59. The van der Waals surface area contributed by atoms with E-state index in [2.05, 4.69) is 0 Å². The van der Waals surface area contributed by atoms with Gasteiger partial charge < -0.3 is 41.3 Å². The molecule has 0 amide bonds. The third kappa shape index (κ3) is 4.65. The minimum atomic E-state index is -4.18. The summed E-state index contributed by atoms with van der Waals surface area (Å²) in [5.41, 5.74) is 5.14. The molecule has 7 nitrogen and oxygen atoms in total. The molecule has 0 radical (unpaired) electrons. The van der Waals surface area contributed by atoms with Gasteiger partial charge in [-0.2, -0.15) is 0 Å². The Hall–Kier alpha value is -3.99. The lowest BCUT2D eigenvalue weighted by atomic mass is 9.84. The van der Waals surface area contributed by atoms with Gasteiger partial charge in [-0.3, -0.25) is 0 Å². The number of hydrogen-bond acceptors (Lipinski definition) is 5. The highest BCUT2D eigenvalue weighted by atomic mass is 19.2. The first-order valence-electron chi connectivity index (χ1n) is 14.7. The fraction of sp³-hybridized carbons (Fsp3) is 0.303. The van der Waals surface area contributed by atoms with Crippen LogP contribution in [0.3, 0.4) is 0 Å². The lowest BCUT2D eigenvalue weighted by Gasteiger charge is -2.33. The minimum absolute atomic E-state index is 0.295. The van der Waals surface area contributed by atoms with E-state index in [1.807, 2.05) is 66.7 Å². The van der Waals surface area contributed by atoms with Crippen molar-refractivity contribution in [1.29, 1.82) is 0 Å². The van der Waals surface area contributed by atoms with Gasteiger partial charge in [-0.25, -0.2) is 0 Å². The summed E-state index contributed by atoms with van der Waals surface area (Å²) in [7, 11) is 0. The van der Waals surface area contributed by atoms with Crippen LogP contribution in [0.4, 0.5) is 8.63 Å². The quantitative estimate of drug-likeness (QED) is 0.266. The molecule has 0 spiro atoms. The van der Waals surface area contributed by atoms with Crippen molar-refractivity contribution >= 4 is 34.7 Å². The molecule has 43 heavy (non-hydrogen) atoms. The van der Waals surface area contributed by atoms with E-state index >= 15 is 8.63 Å². The zero-order valence-corrected chi connectivity index (χ0v) is 24.3. The first-order valence-corrected chi connectivity index (χ1v) is 14.7. The van der Waals surface area contributed by atoms with Crippen molar-refractivity contribution in [2.75, 3.05) is 52.9 Å². The summed E-state index contributed by atoms with van der Waals surface area (Å²) in [4.78, 5) is 0. The van der Waals surface area contributed by atoms with E-state index in [1.165, 1.54) is 8.96 Å². The topological polar surface area (TPSA) is 54.1 Å². The molecular formula is C33H33BF2N2O5. The van der Waals surface area contributed by atoms with Gasteiger partial charge in [0.25, 0.3) is 0 Å². The number of benzene rings is 3. The number of aryl methyl sites for hydroxylation is 1. The number of nitrogens with zero attached hydrogens (tertiary/aromatic N) is 2. The second kappa shape index (κ2) is 11.3. The lowest BCUT2D eigenvalue weighted by Crippen LogP contribution is -2.50. The van der Waals surface area contributed by atoms with Gasteiger partial charge in [0.05, 0.1) is 56.3 Å². The smallest absolute Gasteiger partial charge is 0.487 e. The molecule has 0 aliphatic carbocycles. The van der Waals surface area contributed by atoms with Crippen molar-refractivity contribution < 1.29 is 36.8 Å². The number of rotatable bonds is 1.